The monoisotopic (exact) mass is 215 g/mol. The molecule has 2 atom stereocenters. The molecule has 2 unspecified atom stereocenters. The molecule has 1 N–H and O–H groups in total. The second kappa shape index (κ2) is 6.08. The molecule has 88 valence electrons. The summed E-state index contributed by atoms with van der Waals surface area (Å²) < 4.78 is 4.85. The molecule has 0 aromatic carbocycles. The standard InChI is InChI=1S/C11H21NO3/c1-3-15-11(14)5-7-12-6-4-9(2)10(13)8-12/h9-10,13H,3-8H2,1-2H3. The van der Waals surface area contributed by atoms with Crippen molar-refractivity contribution in [2.24, 2.45) is 5.92 Å². The number of aliphatic hydroxyl groups excluding tert-OH is 1. The number of carbonyl (C=O) groups is 1. The van der Waals surface area contributed by atoms with Crippen molar-refractivity contribution in [1.82, 2.24) is 4.90 Å². The first kappa shape index (κ1) is 12.5. The average molecular weight is 215 g/mol. The van der Waals surface area contributed by atoms with Gasteiger partial charge in [-0.05, 0) is 25.8 Å². The summed E-state index contributed by atoms with van der Waals surface area (Å²) >= 11 is 0. The summed E-state index contributed by atoms with van der Waals surface area (Å²) in [6.45, 7) is 6.66. The Morgan fingerprint density at radius 3 is 2.93 bits per heavy atom. The van der Waals surface area contributed by atoms with Crippen LogP contribution in [0.3, 0.4) is 0 Å². The second-order valence-electron chi connectivity index (χ2n) is 4.19. The zero-order valence-electron chi connectivity index (χ0n) is 9.61. The molecule has 0 aromatic rings. The van der Waals surface area contributed by atoms with Crippen molar-refractivity contribution in [3.8, 4) is 0 Å². The number of piperidine rings is 1. The van der Waals surface area contributed by atoms with Gasteiger partial charge in [0.05, 0.1) is 19.1 Å². The SMILES string of the molecule is CCOC(=O)CCN1CCC(C)C(O)C1. The van der Waals surface area contributed by atoms with Crippen LogP contribution in [0.5, 0.6) is 0 Å². The highest BCUT2D eigenvalue weighted by Crippen LogP contribution is 2.16. The van der Waals surface area contributed by atoms with Gasteiger partial charge in [-0.3, -0.25) is 4.79 Å². The van der Waals surface area contributed by atoms with E-state index < -0.39 is 0 Å². The van der Waals surface area contributed by atoms with Crippen molar-refractivity contribution in [2.75, 3.05) is 26.2 Å². The molecular formula is C11H21NO3. The van der Waals surface area contributed by atoms with Gasteiger partial charge in [0, 0.05) is 13.1 Å². The summed E-state index contributed by atoms with van der Waals surface area (Å²) in [6.07, 6.45) is 1.18. The van der Waals surface area contributed by atoms with Crippen LogP contribution < -0.4 is 0 Å². The maximum Gasteiger partial charge on any atom is 0.307 e. The Labute approximate surface area is 91.2 Å². The highest BCUT2D eigenvalue weighted by Gasteiger charge is 2.24. The molecule has 0 saturated carbocycles. The van der Waals surface area contributed by atoms with Crippen molar-refractivity contribution in [1.29, 1.82) is 0 Å². The van der Waals surface area contributed by atoms with Gasteiger partial charge < -0.3 is 14.7 Å². The predicted molar refractivity (Wildman–Crippen MR) is 57.5 cm³/mol. The maximum atomic E-state index is 11.1. The van der Waals surface area contributed by atoms with E-state index in [0.717, 1.165) is 13.0 Å². The number of carbonyl (C=O) groups excluding carboxylic acids is 1. The molecule has 1 saturated heterocycles. The van der Waals surface area contributed by atoms with Crippen LogP contribution in [0.15, 0.2) is 0 Å². The van der Waals surface area contributed by atoms with Crippen LogP contribution in [-0.4, -0.2) is 48.3 Å². The number of β-amino-alcohol motifs (C(OH)–C–C–N with tert-alkyl or cyclic N) is 1. The largest absolute Gasteiger partial charge is 0.466 e. The van der Waals surface area contributed by atoms with E-state index in [1.54, 1.807) is 0 Å². The lowest BCUT2D eigenvalue weighted by atomic mass is 9.96. The zero-order chi connectivity index (χ0) is 11.3. The fraction of sp³-hybridized carbons (Fsp3) is 0.909. The summed E-state index contributed by atoms with van der Waals surface area (Å²) in [5.74, 6) is 0.231. The third-order valence-electron chi connectivity index (χ3n) is 2.94. The van der Waals surface area contributed by atoms with Crippen LogP contribution in [0.4, 0.5) is 0 Å². The first-order valence-electron chi connectivity index (χ1n) is 5.69. The van der Waals surface area contributed by atoms with E-state index in [1.165, 1.54) is 0 Å². The van der Waals surface area contributed by atoms with Gasteiger partial charge in [-0.2, -0.15) is 0 Å². The van der Waals surface area contributed by atoms with E-state index in [-0.39, 0.29) is 12.1 Å². The van der Waals surface area contributed by atoms with E-state index in [2.05, 4.69) is 11.8 Å². The minimum absolute atomic E-state index is 0.148. The summed E-state index contributed by atoms with van der Waals surface area (Å²) in [7, 11) is 0. The molecule has 15 heavy (non-hydrogen) atoms. The summed E-state index contributed by atoms with van der Waals surface area (Å²) in [6, 6.07) is 0. The topological polar surface area (TPSA) is 49.8 Å². The van der Waals surface area contributed by atoms with E-state index in [9.17, 15) is 9.90 Å². The van der Waals surface area contributed by atoms with Crippen LogP contribution in [-0.2, 0) is 9.53 Å². The smallest absolute Gasteiger partial charge is 0.307 e. The first-order valence-corrected chi connectivity index (χ1v) is 5.69. The summed E-state index contributed by atoms with van der Waals surface area (Å²) in [5.41, 5.74) is 0. The van der Waals surface area contributed by atoms with Crippen LogP contribution in [0, 0.1) is 5.92 Å². The Hall–Kier alpha value is -0.610. The van der Waals surface area contributed by atoms with E-state index in [0.29, 0.717) is 32.0 Å². The predicted octanol–water partition coefficient (Wildman–Crippen LogP) is 0.642. The van der Waals surface area contributed by atoms with Gasteiger partial charge in [0.2, 0.25) is 0 Å². The van der Waals surface area contributed by atoms with Gasteiger partial charge in [0.15, 0.2) is 0 Å². The van der Waals surface area contributed by atoms with Crippen molar-refractivity contribution >= 4 is 5.97 Å². The highest BCUT2D eigenvalue weighted by atomic mass is 16.5. The molecule has 0 spiro atoms. The molecule has 0 aromatic heterocycles. The minimum atomic E-state index is -0.249. The molecule has 1 aliphatic heterocycles. The number of rotatable bonds is 4. The van der Waals surface area contributed by atoms with E-state index >= 15 is 0 Å². The third kappa shape index (κ3) is 4.18. The van der Waals surface area contributed by atoms with Crippen molar-refractivity contribution in [2.45, 2.75) is 32.8 Å². The number of aliphatic hydroxyl groups is 1. The van der Waals surface area contributed by atoms with Crippen LogP contribution in [0.25, 0.3) is 0 Å². The Bertz CT molecular complexity index is 208. The van der Waals surface area contributed by atoms with Gasteiger partial charge >= 0.3 is 5.97 Å². The van der Waals surface area contributed by atoms with Gasteiger partial charge in [-0.1, -0.05) is 6.92 Å². The lowest BCUT2D eigenvalue weighted by Gasteiger charge is -2.33. The van der Waals surface area contributed by atoms with Gasteiger partial charge in [0.25, 0.3) is 0 Å². The highest BCUT2D eigenvalue weighted by molar-refractivity contribution is 5.69. The van der Waals surface area contributed by atoms with Gasteiger partial charge in [0.1, 0.15) is 0 Å². The molecular weight excluding hydrogens is 194 g/mol. The molecule has 4 heteroatoms. The molecule has 1 fully saturated rings. The molecule has 0 amide bonds. The quantitative estimate of drug-likeness (QED) is 0.699. The lowest BCUT2D eigenvalue weighted by molar-refractivity contribution is -0.143. The van der Waals surface area contributed by atoms with Crippen molar-refractivity contribution in [3.63, 3.8) is 0 Å². The van der Waals surface area contributed by atoms with Crippen LogP contribution in [0.2, 0.25) is 0 Å². The Morgan fingerprint density at radius 2 is 2.33 bits per heavy atom. The van der Waals surface area contributed by atoms with Crippen molar-refractivity contribution < 1.29 is 14.6 Å². The van der Waals surface area contributed by atoms with E-state index in [1.807, 2.05) is 6.92 Å². The number of esters is 1. The number of ether oxygens (including phenoxy) is 1. The second-order valence-corrected chi connectivity index (χ2v) is 4.19. The fourth-order valence-corrected chi connectivity index (χ4v) is 1.80. The first-order chi connectivity index (χ1) is 7.13. The van der Waals surface area contributed by atoms with Gasteiger partial charge in [-0.15, -0.1) is 0 Å². The van der Waals surface area contributed by atoms with Crippen LogP contribution in [0.1, 0.15) is 26.7 Å². The zero-order valence-corrected chi connectivity index (χ0v) is 9.61. The minimum Gasteiger partial charge on any atom is -0.466 e. The molecule has 1 aliphatic rings. The maximum absolute atomic E-state index is 11.1. The molecule has 1 heterocycles. The number of hydrogen-bond donors (Lipinski definition) is 1. The Kier molecular flexibility index (Phi) is 5.05. The van der Waals surface area contributed by atoms with Gasteiger partial charge in [-0.25, -0.2) is 0 Å². The number of hydrogen-bond acceptors (Lipinski definition) is 4. The third-order valence-corrected chi connectivity index (χ3v) is 2.94. The summed E-state index contributed by atoms with van der Waals surface area (Å²) in [4.78, 5) is 13.2. The van der Waals surface area contributed by atoms with Crippen LogP contribution >= 0.6 is 0 Å². The van der Waals surface area contributed by atoms with Crippen molar-refractivity contribution in [3.05, 3.63) is 0 Å². The Balaban J connectivity index is 2.19. The van der Waals surface area contributed by atoms with E-state index in [4.69, 9.17) is 4.74 Å². The molecule has 0 bridgehead atoms. The molecule has 4 nitrogen and oxygen atoms in total. The number of likely N-dealkylation sites (tertiary alicyclic amines) is 1. The fourth-order valence-electron chi connectivity index (χ4n) is 1.80. The molecule has 0 aliphatic carbocycles. The summed E-state index contributed by atoms with van der Waals surface area (Å²) in [5, 5.41) is 9.66. The normalized spacial score (nSPS) is 27.7. The number of nitrogens with zero attached hydrogens (tertiary/aromatic N) is 1. The molecule has 0 radical (unpaired) electrons. The Morgan fingerprint density at radius 1 is 1.60 bits per heavy atom. The average Bonchev–Trinajstić information content (AvgIpc) is 2.20. The lowest BCUT2D eigenvalue weighted by Crippen LogP contribution is -2.43. The molecule has 1 rings (SSSR count).